The molecule has 2 atom stereocenters. The summed E-state index contributed by atoms with van der Waals surface area (Å²) in [4.78, 5) is 26.7. The lowest BCUT2D eigenvalue weighted by Crippen LogP contribution is -2.50. The molecule has 96 valence electrons. The monoisotopic (exact) mass is 258 g/mol. The molecule has 0 radical (unpaired) electrons. The van der Waals surface area contributed by atoms with Gasteiger partial charge < -0.3 is 14.9 Å². The van der Waals surface area contributed by atoms with Crippen LogP contribution in [0.15, 0.2) is 0 Å². The third-order valence-corrected chi connectivity index (χ3v) is 4.52. The summed E-state index contributed by atoms with van der Waals surface area (Å²) in [7, 11) is 0. The predicted molar refractivity (Wildman–Crippen MR) is 66.0 cm³/mol. The Hall–Kier alpha value is -0.910. The summed E-state index contributed by atoms with van der Waals surface area (Å²) >= 11 is 1.51. The highest BCUT2D eigenvalue weighted by molar-refractivity contribution is 7.99. The molecule has 0 aromatic heterocycles. The van der Waals surface area contributed by atoms with Crippen molar-refractivity contribution >= 4 is 23.8 Å². The number of aliphatic carboxylic acids is 1. The van der Waals surface area contributed by atoms with Crippen LogP contribution in [0.2, 0.25) is 0 Å². The molecule has 2 aliphatic heterocycles. The zero-order valence-electron chi connectivity index (χ0n) is 9.96. The van der Waals surface area contributed by atoms with Crippen LogP contribution >= 0.6 is 11.8 Å². The highest BCUT2D eigenvalue weighted by atomic mass is 32.2. The first-order valence-corrected chi connectivity index (χ1v) is 7.18. The molecule has 17 heavy (non-hydrogen) atoms. The van der Waals surface area contributed by atoms with E-state index in [9.17, 15) is 9.59 Å². The Kier molecular flexibility index (Phi) is 3.81. The van der Waals surface area contributed by atoms with E-state index in [1.165, 1.54) is 16.7 Å². The van der Waals surface area contributed by atoms with E-state index in [1.807, 2.05) is 4.90 Å². The zero-order chi connectivity index (χ0) is 12.4. The quantitative estimate of drug-likeness (QED) is 0.814. The maximum Gasteiger partial charge on any atom is 0.327 e. The van der Waals surface area contributed by atoms with Crippen LogP contribution in [0.5, 0.6) is 0 Å². The minimum Gasteiger partial charge on any atom is -0.480 e. The Labute approximate surface area is 105 Å². The van der Waals surface area contributed by atoms with Crippen molar-refractivity contribution in [3.8, 4) is 0 Å². The molecule has 1 N–H and O–H groups in total. The summed E-state index contributed by atoms with van der Waals surface area (Å²) in [5, 5.41) is 9.07. The van der Waals surface area contributed by atoms with Crippen LogP contribution in [0.25, 0.3) is 0 Å². The van der Waals surface area contributed by atoms with Gasteiger partial charge in [-0.05, 0) is 19.3 Å². The summed E-state index contributed by atoms with van der Waals surface area (Å²) < 4.78 is 0. The lowest BCUT2D eigenvalue weighted by molar-refractivity contribution is -0.141. The summed E-state index contributed by atoms with van der Waals surface area (Å²) in [5.74, 6) is 0.115. The van der Waals surface area contributed by atoms with Crippen LogP contribution in [0.4, 0.5) is 4.79 Å². The van der Waals surface area contributed by atoms with Crippen molar-refractivity contribution in [3.63, 3.8) is 0 Å². The van der Waals surface area contributed by atoms with Crippen molar-refractivity contribution in [2.24, 2.45) is 0 Å². The largest absolute Gasteiger partial charge is 0.480 e. The number of amides is 2. The SMILES string of the molecule is CCC1CCCN1C(=O)N1CSC[C@H]1C(=O)O. The molecule has 0 saturated carbocycles. The molecule has 2 aliphatic rings. The average molecular weight is 258 g/mol. The molecule has 0 bridgehead atoms. The number of hydrogen-bond acceptors (Lipinski definition) is 3. The second kappa shape index (κ2) is 5.16. The number of thioether (sulfide) groups is 1. The van der Waals surface area contributed by atoms with Crippen LogP contribution in [0.3, 0.4) is 0 Å². The fourth-order valence-electron chi connectivity index (χ4n) is 2.51. The molecule has 5 nitrogen and oxygen atoms in total. The van der Waals surface area contributed by atoms with Gasteiger partial charge in [0.1, 0.15) is 6.04 Å². The molecule has 2 saturated heterocycles. The van der Waals surface area contributed by atoms with E-state index >= 15 is 0 Å². The first-order valence-electron chi connectivity index (χ1n) is 6.03. The Morgan fingerprint density at radius 1 is 1.41 bits per heavy atom. The van der Waals surface area contributed by atoms with E-state index in [0.717, 1.165) is 25.8 Å². The van der Waals surface area contributed by atoms with E-state index < -0.39 is 12.0 Å². The highest BCUT2D eigenvalue weighted by Gasteiger charge is 2.39. The molecule has 2 heterocycles. The molecule has 2 amide bonds. The summed E-state index contributed by atoms with van der Waals surface area (Å²) in [5.41, 5.74) is 0. The molecule has 2 rings (SSSR count). The number of urea groups is 1. The van der Waals surface area contributed by atoms with Gasteiger partial charge >= 0.3 is 12.0 Å². The number of carboxylic acid groups (broad SMARTS) is 1. The average Bonchev–Trinajstić information content (AvgIpc) is 2.96. The maximum absolute atomic E-state index is 12.3. The van der Waals surface area contributed by atoms with Crippen molar-refractivity contribution in [2.75, 3.05) is 18.2 Å². The second-order valence-electron chi connectivity index (χ2n) is 4.50. The molecule has 0 aromatic carbocycles. The van der Waals surface area contributed by atoms with Crippen LogP contribution < -0.4 is 0 Å². The van der Waals surface area contributed by atoms with Crippen molar-refractivity contribution in [1.82, 2.24) is 9.80 Å². The Balaban J connectivity index is 2.06. The molecule has 6 heteroatoms. The van der Waals surface area contributed by atoms with Gasteiger partial charge in [0.05, 0.1) is 5.88 Å². The van der Waals surface area contributed by atoms with Gasteiger partial charge in [0.2, 0.25) is 0 Å². The van der Waals surface area contributed by atoms with Crippen LogP contribution in [-0.2, 0) is 4.79 Å². The third kappa shape index (κ3) is 2.36. The van der Waals surface area contributed by atoms with Gasteiger partial charge in [-0.1, -0.05) is 6.92 Å². The van der Waals surface area contributed by atoms with Gasteiger partial charge in [-0.2, -0.15) is 0 Å². The molecular weight excluding hydrogens is 240 g/mol. The van der Waals surface area contributed by atoms with Gasteiger partial charge in [0.15, 0.2) is 0 Å². The first kappa shape index (κ1) is 12.5. The second-order valence-corrected chi connectivity index (χ2v) is 5.50. The smallest absolute Gasteiger partial charge is 0.327 e. The number of rotatable bonds is 2. The normalized spacial score (nSPS) is 28.8. The zero-order valence-corrected chi connectivity index (χ0v) is 10.8. The van der Waals surface area contributed by atoms with Crippen LogP contribution in [0.1, 0.15) is 26.2 Å². The standard InChI is InChI=1S/C11H18N2O3S/c1-2-8-4-3-5-12(8)11(16)13-7-17-6-9(13)10(14)15/h8-9H,2-7H2,1H3,(H,14,15)/t8?,9-/m0/s1. The predicted octanol–water partition coefficient (Wildman–Crippen LogP) is 1.44. The number of likely N-dealkylation sites (tertiary alicyclic amines) is 1. The van der Waals surface area contributed by atoms with Gasteiger partial charge in [-0.25, -0.2) is 9.59 Å². The molecule has 2 fully saturated rings. The summed E-state index contributed by atoms with van der Waals surface area (Å²) in [6.07, 6.45) is 3.02. The van der Waals surface area contributed by atoms with Crippen molar-refractivity contribution < 1.29 is 14.7 Å². The van der Waals surface area contributed by atoms with E-state index in [1.54, 1.807) is 0 Å². The first-order chi connectivity index (χ1) is 8.15. The molecular formula is C11H18N2O3S. The Bertz CT molecular complexity index is 324. The number of carbonyl (C=O) groups is 2. The fourth-order valence-corrected chi connectivity index (χ4v) is 3.65. The third-order valence-electron chi connectivity index (χ3n) is 3.51. The van der Waals surface area contributed by atoms with Crippen LogP contribution in [0, 0.1) is 0 Å². The minimum absolute atomic E-state index is 0.0910. The number of hydrogen-bond donors (Lipinski definition) is 1. The highest BCUT2D eigenvalue weighted by Crippen LogP contribution is 2.27. The van der Waals surface area contributed by atoms with Gasteiger partial charge in [-0.3, -0.25) is 0 Å². The fraction of sp³-hybridized carbons (Fsp3) is 0.818. The maximum atomic E-state index is 12.3. The van der Waals surface area contributed by atoms with Crippen molar-refractivity contribution in [3.05, 3.63) is 0 Å². The molecule has 0 aromatic rings. The van der Waals surface area contributed by atoms with Gasteiger partial charge in [0.25, 0.3) is 0 Å². The van der Waals surface area contributed by atoms with E-state index in [2.05, 4.69) is 6.92 Å². The lowest BCUT2D eigenvalue weighted by atomic mass is 10.2. The van der Waals surface area contributed by atoms with E-state index in [-0.39, 0.29) is 6.03 Å². The Morgan fingerprint density at radius 2 is 2.18 bits per heavy atom. The number of carboxylic acids is 1. The summed E-state index contributed by atoms with van der Waals surface area (Å²) in [6.45, 7) is 2.84. The van der Waals surface area contributed by atoms with Gasteiger partial charge in [-0.15, -0.1) is 11.8 Å². The van der Waals surface area contributed by atoms with Crippen LogP contribution in [-0.4, -0.2) is 57.2 Å². The topological polar surface area (TPSA) is 60.9 Å². The van der Waals surface area contributed by atoms with Gasteiger partial charge in [0, 0.05) is 18.3 Å². The Morgan fingerprint density at radius 3 is 2.82 bits per heavy atom. The molecule has 0 spiro atoms. The molecule has 1 unspecified atom stereocenters. The summed E-state index contributed by atoms with van der Waals surface area (Å²) in [6, 6.07) is -0.445. The van der Waals surface area contributed by atoms with E-state index in [4.69, 9.17) is 5.11 Å². The molecule has 0 aliphatic carbocycles. The van der Waals surface area contributed by atoms with E-state index in [0.29, 0.717) is 17.7 Å². The number of nitrogens with zero attached hydrogens (tertiary/aromatic N) is 2. The number of carbonyl (C=O) groups excluding carboxylic acids is 1. The van der Waals surface area contributed by atoms with Crippen molar-refractivity contribution in [2.45, 2.75) is 38.3 Å². The lowest BCUT2D eigenvalue weighted by Gasteiger charge is -2.30. The van der Waals surface area contributed by atoms with Crippen molar-refractivity contribution in [1.29, 1.82) is 0 Å². The minimum atomic E-state index is -0.893.